The topological polar surface area (TPSA) is 97.6 Å². The molecule has 0 saturated heterocycles. The molecule has 0 fully saturated rings. The highest BCUT2D eigenvalue weighted by molar-refractivity contribution is 14.1. The number of fused-ring (bicyclic) bond motifs is 2. The molecule has 1 aliphatic rings. The zero-order valence-electron chi connectivity index (χ0n) is 28.6. The van der Waals surface area contributed by atoms with Gasteiger partial charge in [0, 0.05) is 0 Å². The van der Waals surface area contributed by atoms with E-state index in [2.05, 4.69) is 46.9 Å². The Labute approximate surface area is 307 Å². The maximum absolute atomic E-state index is 14.3. The number of methoxy groups -OCH3 is 2. The third-order valence-electron chi connectivity index (χ3n) is 8.18. The standard InChI is InChI=1S/C39H37IN2O7S/c1-7-47-38(44)34-23(4)41-39-42(35(34)26-15-16-30(49-22(2)3)31(20-26)45-5)37(43)33(50-39)19-24-17-29(40)36(32(18-24)46-6)48-21-27-13-10-12-25-11-8-9-14-28(25)27/h8-20,22,35H,7,21H2,1-6H3/b33-19-/t35-/m1/s1. The highest BCUT2D eigenvalue weighted by Gasteiger charge is 2.34. The molecule has 50 heavy (non-hydrogen) atoms. The molecule has 0 radical (unpaired) electrons. The number of allylic oxidation sites excluding steroid dienone is 1. The summed E-state index contributed by atoms with van der Waals surface area (Å²) in [6, 6.07) is 22.8. The number of esters is 1. The summed E-state index contributed by atoms with van der Waals surface area (Å²) in [5, 5.41) is 2.28. The van der Waals surface area contributed by atoms with Gasteiger partial charge < -0.3 is 23.7 Å². The summed E-state index contributed by atoms with van der Waals surface area (Å²) in [5.41, 5.74) is 2.95. The van der Waals surface area contributed by atoms with Gasteiger partial charge in [-0.15, -0.1) is 0 Å². The van der Waals surface area contributed by atoms with E-state index in [9.17, 15) is 9.59 Å². The Kier molecular flexibility index (Phi) is 10.6. The van der Waals surface area contributed by atoms with Crippen LogP contribution in [0.25, 0.3) is 16.8 Å². The summed E-state index contributed by atoms with van der Waals surface area (Å²) in [7, 11) is 3.15. The first kappa shape index (κ1) is 35.2. The third kappa shape index (κ3) is 7.02. The molecule has 0 aliphatic carbocycles. The molecule has 0 unspecified atom stereocenters. The van der Waals surface area contributed by atoms with Crippen molar-refractivity contribution in [3.63, 3.8) is 0 Å². The number of nitrogens with zero attached hydrogens (tertiary/aromatic N) is 2. The van der Waals surface area contributed by atoms with Crippen molar-refractivity contribution in [2.75, 3.05) is 20.8 Å². The van der Waals surface area contributed by atoms with Gasteiger partial charge in [-0.1, -0.05) is 59.9 Å². The van der Waals surface area contributed by atoms with Crippen molar-refractivity contribution in [2.45, 2.75) is 46.4 Å². The number of hydrogen-bond acceptors (Lipinski definition) is 9. The molecular formula is C39H37IN2O7S. The Morgan fingerprint density at radius 1 is 1.00 bits per heavy atom. The van der Waals surface area contributed by atoms with Gasteiger partial charge in [-0.2, -0.15) is 0 Å². The van der Waals surface area contributed by atoms with Crippen molar-refractivity contribution < 1.29 is 28.5 Å². The predicted octanol–water partition coefficient (Wildman–Crippen LogP) is 6.94. The van der Waals surface area contributed by atoms with Crippen molar-refractivity contribution in [1.29, 1.82) is 0 Å². The van der Waals surface area contributed by atoms with E-state index in [4.69, 9.17) is 28.7 Å². The molecule has 1 aliphatic heterocycles. The van der Waals surface area contributed by atoms with Crippen molar-refractivity contribution in [3.8, 4) is 23.0 Å². The summed E-state index contributed by atoms with van der Waals surface area (Å²) in [5.74, 6) is 1.68. The van der Waals surface area contributed by atoms with Gasteiger partial charge in [0.05, 0.1) is 52.3 Å². The summed E-state index contributed by atoms with van der Waals surface area (Å²) in [4.78, 5) is 32.8. The molecule has 5 aromatic rings. The largest absolute Gasteiger partial charge is 0.493 e. The molecule has 258 valence electrons. The molecule has 0 spiro atoms. The number of carbonyl (C=O) groups is 1. The molecule has 0 N–H and O–H groups in total. The van der Waals surface area contributed by atoms with Gasteiger partial charge in [-0.3, -0.25) is 9.36 Å². The second-order valence-electron chi connectivity index (χ2n) is 11.8. The second kappa shape index (κ2) is 15.1. The van der Waals surface area contributed by atoms with Crippen molar-refractivity contribution in [2.24, 2.45) is 4.99 Å². The first-order valence-corrected chi connectivity index (χ1v) is 18.0. The van der Waals surface area contributed by atoms with E-state index in [0.29, 0.717) is 50.2 Å². The monoisotopic (exact) mass is 804 g/mol. The lowest BCUT2D eigenvalue weighted by molar-refractivity contribution is -0.139. The van der Waals surface area contributed by atoms with Crippen LogP contribution in [-0.2, 0) is 16.1 Å². The van der Waals surface area contributed by atoms with E-state index in [1.165, 1.54) is 11.3 Å². The number of hydrogen-bond donors (Lipinski definition) is 0. The summed E-state index contributed by atoms with van der Waals surface area (Å²) in [6.07, 6.45) is 1.74. The van der Waals surface area contributed by atoms with Crippen LogP contribution in [0, 0.1) is 3.57 Å². The lowest BCUT2D eigenvalue weighted by atomic mass is 9.95. The summed E-state index contributed by atoms with van der Waals surface area (Å²) in [6.45, 7) is 7.91. The number of halogens is 1. The van der Waals surface area contributed by atoms with E-state index in [1.807, 2.05) is 56.3 Å². The molecule has 0 bridgehead atoms. The maximum Gasteiger partial charge on any atom is 0.338 e. The zero-order chi connectivity index (χ0) is 35.5. The quantitative estimate of drug-likeness (QED) is 0.106. The smallest absolute Gasteiger partial charge is 0.338 e. The fourth-order valence-corrected chi connectivity index (χ4v) is 7.82. The molecule has 0 amide bonds. The lowest BCUT2D eigenvalue weighted by Gasteiger charge is -2.25. The van der Waals surface area contributed by atoms with Gasteiger partial charge in [0.2, 0.25) is 0 Å². The lowest BCUT2D eigenvalue weighted by Crippen LogP contribution is -2.40. The van der Waals surface area contributed by atoms with Gasteiger partial charge in [0.25, 0.3) is 5.56 Å². The number of aromatic nitrogens is 1. The Bertz CT molecular complexity index is 2300. The van der Waals surface area contributed by atoms with Gasteiger partial charge >= 0.3 is 5.97 Å². The van der Waals surface area contributed by atoms with Gasteiger partial charge in [-0.05, 0) is 108 Å². The van der Waals surface area contributed by atoms with Gasteiger partial charge in [-0.25, -0.2) is 9.79 Å². The fraction of sp³-hybridized carbons (Fsp3) is 0.256. The number of carbonyl (C=O) groups excluding carboxylic acids is 1. The SMILES string of the molecule is CCOC(=O)C1=C(C)N=c2s/c(=C\c3cc(I)c(OCc4cccc5ccccc45)c(OC)c3)c(=O)n2[C@@H]1c1ccc(OC(C)C)c(OC)c1. The van der Waals surface area contributed by atoms with Crippen LogP contribution in [0.5, 0.6) is 23.0 Å². The van der Waals surface area contributed by atoms with Crippen LogP contribution in [0.2, 0.25) is 0 Å². The molecule has 6 rings (SSSR count). The minimum atomic E-state index is -0.797. The Hall–Kier alpha value is -4.62. The first-order chi connectivity index (χ1) is 24.1. The minimum absolute atomic E-state index is 0.0730. The number of ether oxygens (including phenoxy) is 5. The molecule has 4 aromatic carbocycles. The van der Waals surface area contributed by atoms with Crippen LogP contribution in [-0.4, -0.2) is 37.5 Å². The van der Waals surface area contributed by atoms with Crippen molar-refractivity contribution in [1.82, 2.24) is 4.57 Å². The highest BCUT2D eigenvalue weighted by atomic mass is 127. The van der Waals surface area contributed by atoms with Gasteiger partial charge in [0.15, 0.2) is 27.8 Å². The fourth-order valence-electron chi connectivity index (χ4n) is 6.00. The van der Waals surface area contributed by atoms with Crippen molar-refractivity contribution >= 4 is 56.7 Å². The van der Waals surface area contributed by atoms with Crippen LogP contribution in [0.1, 0.15) is 50.4 Å². The number of rotatable bonds is 11. The Balaban J connectivity index is 1.41. The average Bonchev–Trinajstić information content (AvgIpc) is 3.40. The molecular weight excluding hydrogens is 767 g/mol. The molecule has 0 saturated carbocycles. The van der Waals surface area contributed by atoms with E-state index >= 15 is 0 Å². The molecule has 1 aromatic heterocycles. The maximum atomic E-state index is 14.3. The minimum Gasteiger partial charge on any atom is -0.493 e. The number of thiazole rings is 1. The Morgan fingerprint density at radius 2 is 1.76 bits per heavy atom. The molecule has 9 nitrogen and oxygen atoms in total. The van der Waals surface area contributed by atoms with Crippen LogP contribution in [0.3, 0.4) is 0 Å². The van der Waals surface area contributed by atoms with E-state index in [1.54, 1.807) is 44.8 Å². The molecule has 2 heterocycles. The molecule has 11 heteroatoms. The number of benzene rings is 4. The van der Waals surface area contributed by atoms with Gasteiger partial charge in [0.1, 0.15) is 6.61 Å². The van der Waals surface area contributed by atoms with E-state index < -0.39 is 12.0 Å². The third-order valence-corrected chi connectivity index (χ3v) is 9.97. The average molecular weight is 805 g/mol. The highest BCUT2D eigenvalue weighted by Crippen LogP contribution is 2.37. The zero-order valence-corrected chi connectivity index (χ0v) is 31.6. The summed E-state index contributed by atoms with van der Waals surface area (Å²) < 4.78 is 32.0. The van der Waals surface area contributed by atoms with Crippen LogP contribution in [0.4, 0.5) is 0 Å². The van der Waals surface area contributed by atoms with Crippen LogP contribution < -0.4 is 33.8 Å². The first-order valence-electron chi connectivity index (χ1n) is 16.1. The molecule has 1 atom stereocenters. The normalized spacial score (nSPS) is 14.4. The van der Waals surface area contributed by atoms with Crippen LogP contribution >= 0.6 is 33.9 Å². The Morgan fingerprint density at radius 3 is 2.50 bits per heavy atom. The second-order valence-corrected chi connectivity index (χ2v) is 14.0. The van der Waals surface area contributed by atoms with Crippen LogP contribution in [0.15, 0.2) is 93.9 Å². The van der Waals surface area contributed by atoms with E-state index in [0.717, 1.165) is 25.5 Å². The van der Waals surface area contributed by atoms with Crippen molar-refractivity contribution in [3.05, 3.63) is 124 Å². The predicted molar refractivity (Wildman–Crippen MR) is 203 cm³/mol. The van der Waals surface area contributed by atoms with E-state index in [-0.39, 0.29) is 23.8 Å². The summed E-state index contributed by atoms with van der Waals surface area (Å²) >= 11 is 3.48.